The molecule has 2 unspecified atom stereocenters. The third-order valence-electron chi connectivity index (χ3n) is 3.65. The van der Waals surface area contributed by atoms with Crippen molar-refractivity contribution in [2.45, 2.75) is 44.1 Å². The lowest BCUT2D eigenvalue weighted by Gasteiger charge is -2.36. The monoisotopic (exact) mass is 153 g/mol. The van der Waals surface area contributed by atoms with Gasteiger partial charge in [0.05, 0.1) is 0 Å². The number of hydrogen-bond acceptors (Lipinski definition) is 2. The van der Waals surface area contributed by atoms with E-state index in [9.17, 15) is 0 Å². The maximum absolute atomic E-state index is 5.60. The lowest BCUT2D eigenvalue weighted by molar-refractivity contribution is 0.0526. The van der Waals surface area contributed by atoms with Crippen molar-refractivity contribution in [1.82, 2.24) is 4.90 Å². The van der Waals surface area contributed by atoms with Gasteiger partial charge in [0.15, 0.2) is 0 Å². The van der Waals surface area contributed by atoms with Crippen LogP contribution in [-0.4, -0.2) is 36.2 Å². The molecule has 3 fully saturated rings. The highest BCUT2D eigenvalue weighted by Crippen LogP contribution is 2.48. The van der Waals surface area contributed by atoms with Gasteiger partial charge in [0.2, 0.25) is 0 Å². The average Bonchev–Trinajstić information content (AvgIpc) is 2.66. The van der Waals surface area contributed by atoms with Crippen molar-refractivity contribution in [3.05, 3.63) is 0 Å². The molecule has 3 heterocycles. The molecule has 4 atom stereocenters. The molecule has 0 aromatic carbocycles. The molecule has 2 heteroatoms. The van der Waals surface area contributed by atoms with Crippen LogP contribution in [0.25, 0.3) is 0 Å². The molecule has 0 N–H and O–H groups in total. The molecule has 0 aromatic heterocycles. The van der Waals surface area contributed by atoms with Crippen LogP contribution in [0.15, 0.2) is 0 Å². The molecular weight excluding hydrogens is 138 g/mol. The molecule has 0 radical (unpaired) electrons. The molecule has 3 aliphatic heterocycles. The molecule has 3 rings (SSSR count). The minimum absolute atomic E-state index is 0.620. The summed E-state index contributed by atoms with van der Waals surface area (Å²) >= 11 is 0. The summed E-state index contributed by atoms with van der Waals surface area (Å²) in [7, 11) is 2.26. The minimum Gasteiger partial charge on any atom is -0.366 e. The zero-order valence-corrected chi connectivity index (χ0v) is 7.16. The first-order valence-corrected chi connectivity index (χ1v) is 4.65. The topological polar surface area (TPSA) is 15.8 Å². The van der Waals surface area contributed by atoms with E-state index in [1.165, 1.54) is 12.8 Å². The van der Waals surface area contributed by atoms with E-state index in [4.69, 9.17) is 4.74 Å². The first kappa shape index (κ1) is 6.44. The highest BCUT2D eigenvalue weighted by molar-refractivity contribution is 5.13. The lowest BCUT2D eigenvalue weighted by atomic mass is 9.92. The van der Waals surface area contributed by atoms with Crippen LogP contribution in [-0.2, 0) is 4.74 Å². The summed E-state index contributed by atoms with van der Waals surface area (Å²) < 4.78 is 5.60. The number of rotatable bonds is 0. The fourth-order valence-corrected chi connectivity index (χ4v) is 2.99. The molecule has 0 aromatic rings. The van der Waals surface area contributed by atoms with E-state index in [0.29, 0.717) is 12.2 Å². The van der Waals surface area contributed by atoms with Crippen LogP contribution in [0.1, 0.15) is 19.8 Å². The Morgan fingerprint density at radius 2 is 1.73 bits per heavy atom. The summed E-state index contributed by atoms with van der Waals surface area (Å²) in [6, 6.07) is 1.52. The highest BCUT2D eigenvalue weighted by atomic mass is 16.6. The fourth-order valence-electron chi connectivity index (χ4n) is 2.99. The average molecular weight is 153 g/mol. The van der Waals surface area contributed by atoms with E-state index < -0.39 is 0 Å². The van der Waals surface area contributed by atoms with E-state index in [0.717, 1.165) is 18.0 Å². The molecule has 0 amide bonds. The second kappa shape index (κ2) is 1.80. The number of morpholine rings is 1. The Labute approximate surface area is 67.5 Å². The summed E-state index contributed by atoms with van der Waals surface area (Å²) in [5.74, 6) is 0.928. The van der Waals surface area contributed by atoms with Crippen LogP contribution in [0.3, 0.4) is 0 Å². The Kier molecular flexibility index (Phi) is 1.06. The van der Waals surface area contributed by atoms with Crippen LogP contribution >= 0.6 is 0 Å². The quantitative estimate of drug-likeness (QED) is 0.480. The van der Waals surface area contributed by atoms with Crippen LogP contribution in [0.4, 0.5) is 0 Å². The summed E-state index contributed by atoms with van der Waals surface area (Å²) in [5, 5.41) is 0. The fraction of sp³-hybridized carbons (Fsp3) is 1.00. The van der Waals surface area contributed by atoms with E-state index in [-0.39, 0.29) is 0 Å². The van der Waals surface area contributed by atoms with E-state index in [2.05, 4.69) is 18.9 Å². The first-order valence-electron chi connectivity index (χ1n) is 4.65. The van der Waals surface area contributed by atoms with Crippen molar-refractivity contribution in [2.24, 2.45) is 5.92 Å². The smallest absolute Gasteiger partial charge is 0.101 e. The van der Waals surface area contributed by atoms with Crippen LogP contribution in [0.2, 0.25) is 0 Å². The molecule has 2 bridgehead atoms. The van der Waals surface area contributed by atoms with Gasteiger partial charge in [-0.3, -0.25) is 4.90 Å². The molecule has 0 aliphatic carbocycles. The highest BCUT2D eigenvalue weighted by Gasteiger charge is 2.61. The standard InChI is InChI=1S/C9H15NO/c1-5-3-6-8-9(11-8)7(4-5)10(6)2/h5-9H,3-4H2,1-2H3/t5?,6-,7-,8?,9?/m0/s1. The third-order valence-corrected chi connectivity index (χ3v) is 3.65. The maximum Gasteiger partial charge on any atom is 0.101 e. The van der Waals surface area contributed by atoms with Gasteiger partial charge >= 0.3 is 0 Å². The van der Waals surface area contributed by atoms with Gasteiger partial charge in [0.1, 0.15) is 12.2 Å². The van der Waals surface area contributed by atoms with Gasteiger partial charge in [-0.25, -0.2) is 0 Å². The number of piperidine rings is 1. The van der Waals surface area contributed by atoms with Crippen LogP contribution in [0.5, 0.6) is 0 Å². The zero-order chi connectivity index (χ0) is 7.59. The van der Waals surface area contributed by atoms with Gasteiger partial charge in [-0.15, -0.1) is 0 Å². The molecular formula is C9H15NO. The molecule has 0 saturated carbocycles. The SMILES string of the molecule is CC1C[C@H]2C3OC3[C@H](C1)N2C. The number of likely N-dealkylation sites (N-methyl/N-ethyl adjacent to an activating group) is 1. The Morgan fingerprint density at radius 1 is 1.18 bits per heavy atom. The minimum atomic E-state index is 0.620. The summed E-state index contributed by atoms with van der Waals surface area (Å²) in [6.07, 6.45) is 3.95. The van der Waals surface area contributed by atoms with E-state index in [1.54, 1.807) is 0 Å². The second-order valence-corrected chi connectivity index (χ2v) is 4.44. The Hall–Kier alpha value is -0.0800. The van der Waals surface area contributed by atoms with Gasteiger partial charge in [-0.2, -0.15) is 0 Å². The van der Waals surface area contributed by atoms with Gasteiger partial charge in [0, 0.05) is 12.1 Å². The first-order chi connectivity index (χ1) is 5.27. The largest absolute Gasteiger partial charge is 0.366 e. The number of epoxide rings is 1. The summed E-state index contributed by atoms with van der Waals surface area (Å²) in [6.45, 7) is 2.37. The third kappa shape index (κ3) is 0.695. The van der Waals surface area contributed by atoms with E-state index in [1.807, 2.05) is 0 Å². The van der Waals surface area contributed by atoms with Crippen molar-refractivity contribution in [2.75, 3.05) is 7.05 Å². The molecule has 3 saturated heterocycles. The second-order valence-electron chi connectivity index (χ2n) is 4.44. The van der Waals surface area contributed by atoms with Gasteiger partial charge < -0.3 is 4.74 Å². The van der Waals surface area contributed by atoms with Gasteiger partial charge in [0.25, 0.3) is 0 Å². The van der Waals surface area contributed by atoms with Crippen molar-refractivity contribution in [3.8, 4) is 0 Å². The lowest BCUT2D eigenvalue weighted by Crippen LogP contribution is -2.44. The number of hydrogen-bond donors (Lipinski definition) is 0. The maximum atomic E-state index is 5.60. The molecule has 3 aliphatic rings. The summed E-state index contributed by atoms with van der Waals surface area (Å²) in [5.41, 5.74) is 0. The van der Waals surface area contributed by atoms with Crippen LogP contribution in [0, 0.1) is 5.92 Å². The predicted octanol–water partition coefficient (Wildman–Crippen LogP) is 0.866. The van der Waals surface area contributed by atoms with Gasteiger partial charge in [-0.1, -0.05) is 6.92 Å². The summed E-state index contributed by atoms with van der Waals surface area (Å²) in [4.78, 5) is 2.54. The molecule has 11 heavy (non-hydrogen) atoms. The van der Waals surface area contributed by atoms with Crippen molar-refractivity contribution < 1.29 is 4.74 Å². The van der Waals surface area contributed by atoms with Crippen molar-refractivity contribution in [1.29, 1.82) is 0 Å². The van der Waals surface area contributed by atoms with Gasteiger partial charge in [-0.05, 0) is 25.8 Å². The predicted molar refractivity (Wildman–Crippen MR) is 42.4 cm³/mol. The molecule has 2 nitrogen and oxygen atoms in total. The van der Waals surface area contributed by atoms with Crippen LogP contribution < -0.4 is 0 Å². The Morgan fingerprint density at radius 3 is 2.27 bits per heavy atom. The van der Waals surface area contributed by atoms with Crippen molar-refractivity contribution in [3.63, 3.8) is 0 Å². The number of ether oxygens (including phenoxy) is 1. The number of fused-ring (bicyclic) bond motifs is 5. The van der Waals surface area contributed by atoms with Crippen molar-refractivity contribution >= 4 is 0 Å². The Bertz CT molecular complexity index is 176. The number of nitrogens with zero attached hydrogens (tertiary/aromatic N) is 1. The molecule has 0 spiro atoms. The van der Waals surface area contributed by atoms with E-state index >= 15 is 0 Å². The molecule has 62 valence electrons. The normalized spacial score (nSPS) is 61.1. The zero-order valence-electron chi connectivity index (χ0n) is 7.16. The Balaban J connectivity index is 1.90.